The van der Waals surface area contributed by atoms with Crippen LogP contribution in [0.2, 0.25) is 0 Å². The van der Waals surface area contributed by atoms with Crippen LogP contribution in [0.4, 0.5) is 11.4 Å². The first-order valence-corrected chi connectivity index (χ1v) is 15.8. The summed E-state index contributed by atoms with van der Waals surface area (Å²) in [6.07, 6.45) is 9.39. The van der Waals surface area contributed by atoms with Crippen molar-refractivity contribution in [1.29, 1.82) is 0 Å². The van der Waals surface area contributed by atoms with Crippen LogP contribution in [-0.2, 0) is 19.6 Å². The zero-order chi connectivity index (χ0) is 28.7. The molecule has 41 heavy (non-hydrogen) atoms. The Kier molecular flexibility index (Phi) is 7.38. The van der Waals surface area contributed by atoms with Gasteiger partial charge in [-0.15, -0.1) is 0 Å². The van der Waals surface area contributed by atoms with Gasteiger partial charge in [0.15, 0.2) is 0 Å². The Morgan fingerprint density at radius 1 is 1.00 bits per heavy atom. The van der Waals surface area contributed by atoms with E-state index in [1.165, 1.54) is 0 Å². The van der Waals surface area contributed by atoms with Crippen molar-refractivity contribution in [2.24, 2.45) is 17.8 Å². The van der Waals surface area contributed by atoms with Crippen LogP contribution in [0.1, 0.15) is 43.6 Å². The molecule has 3 aromatic rings. The predicted octanol–water partition coefficient (Wildman–Crippen LogP) is 5.97. The number of hydrogen-bond acceptors (Lipinski definition) is 6. The second-order valence-electron chi connectivity index (χ2n) is 11.6. The van der Waals surface area contributed by atoms with Crippen LogP contribution in [0.15, 0.2) is 89.5 Å². The number of fused-ring (bicyclic) bond motifs is 2. The molecule has 8 heteroatoms. The summed E-state index contributed by atoms with van der Waals surface area (Å²) in [5, 5.41) is 13.0. The van der Waals surface area contributed by atoms with Gasteiger partial charge in [-0.3, -0.25) is 9.52 Å². The molecule has 1 saturated carbocycles. The van der Waals surface area contributed by atoms with Gasteiger partial charge in [-0.25, -0.2) is 8.42 Å². The second-order valence-corrected chi connectivity index (χ2v) is 13.2. The van der Waals surface area contributed by atoms with Crippen molar-refractivity contribution in [3.63, 3.8) is 0 Å². The molecule has 1 aliphatic heterocycles. The number of allylic oxidation sites excluding steroid dienone is 3. The molecule has 0 radical (unpaired) electrons. The van der Waals surface area contributed by atoms with E-state index in [9.17, 15) is 18.3 Å². The molecule has 2 fully saturated rings. The quantitative estimate of drug-likeness (QED) is 0.339. The molecule has 2 N–H and O–H groups in total. The minimum atomic E-state index is -3.92. The molecule has 0 bridgehead atoms. The van der Waals surface area contributed by atoms with Crippen molar-refractivity contribution in [1.82, 2.24) is 0 Å². The third-order valence-electron chi connectivity index (χ3n) is 8.59. The number of nitrogens with zero attached hydrogens (tertiary/aromatic N) is 1. The zero-order valence-corrected chi connectivity index (χ0v) is 24.2. The first-order chi connectivity index (χ1) is 19.7. The maximum atomic E-state index is 13.7. The lowest BCUT2D eigenvalue weighted by atomic mass is 9.72. The average Bonchev–Trinajstić information content (AvgIpc) is 3.76. The van der Waals surface area contributed by atoms with E-state index in [-0.39, 0.29) is 22.6 Å². The minimum Gasteiger partial charge on any atom is -0.430 e. The van der Waals surface area contributed by atoms with Gasteiger partial charge in [-0.05, 0) is 73.9 Å². The molecule has 1 heterocycles. The Morgan fingerprint density at radius 3 is 2.54 bits per heavy atom. The number of hydrogen-bond donors (Lipinski definition) is 2. The average molecular weight is 573 g/mol. The maximum absolute atomic E-state index is 13.7. The highest BCUT2D eigenvalue weighted by Crippen LogP contribution is 2.51. The van der Waals surface area contributed by atoms with Gasteiger partial charge in [0.1, 0.15) is 5.76 Å². The van der Waals surface area contributed by atoms with Crippen LogP contribution in [0.5, 0.6) is 0 Å². The molecule has 0 aromatic heterocycles. The van der Waals surface area contributed by atoms with Crippen LogP contribution < -0.4 is 9.62 Å². The summed E-state index contributed by atoms with van der Waals surface area (Å²) >= 11 is 0. The fourth-order valence-corrected chi connectivity index (χ4v) is 7.77. The van der Waals surface area contributed by atoms with E-state index >= 15 is 0 Å². The molecule has 214 valence electrons. The third-order valence-corrected chi connectivity index (χ3v) is 10.0. The molecule has 4 unspecified atom stereocenters. The molecular formula is C33H36N2O5S. The summed E-state index contributed by atoms with van der Waals surface area (Å²) in [7, 11) is -0.0607. The van der Waals surface area contributed by atoms with Crippen molar-refractivity contribution >= 4 is 38.1 Å². The fraction of sp³-hybridized carbons (Fsp3) is 0.364. The normalized spacial score (nSPS) is 23.5. The van der Waals surface area contributed by atoms with Gasteiger partial charge in [0.25, 0.3) is 10.0 Å². The largest absolute Gasteiger partial charge is 0.430 e. The summed E-state index contributed by atoms with van der Waals surface area (Å²) in [4.78, 5) is 15.5. The summed E-state index contributed by atoms with van der Waals surface area (Å²) in [6, 6.07) is 18.2. The number of rotatable bonds is 7. The predicted molar refractivity (Wildman–Crippen MR) is 161 cm³/mol. The van der Waals surface area contributed by atoms with E-state index in [0.717, 1.165) is 48.7 Å². The van der Waals surface area contributed by atoms with Gasteiger partial charge >= 0.3 is 5.97 Å². The molecule has 1 saturated heterocycles. The van der Waals surface area contributed by atoms with Crippen LogP contribution >= 0.6 is 0 Å². The van der Waals surface area contributed by atoms with Crippen molar-refractivity contribution in [3.05, 3.63) is 90.2 Å². The van der Waals surface area contributed by atoms with Gasteiger partial charge < -0.3 is 14.7 Å². The molecule has 2 aliphatic carbocycles. The van der Waals surface area contributed by atoms with Crippen LogP contribution in [0.3, 0.4) is 0 Å². The first-order valence-electron chi connectivity index (χ1n) is 14.3. The van der Waals surface area contributed by atoms with Crippen molar-refractivity contribution in [2.45, 2.75) is 49.0 Å². The molecule has 7 nitrogen and oxygen atoms in total. The minimum absolute atomic E-state index is 0.201. The van der Waals surface area contributed by atoms with Gasteiger partial charge in [-0.1, -0.05) is 48.6 Å². The monoisotopic (exact) mass is 572 g/mol. The maximum Gasteiger partial charge on any atom is 0.317 e. The van der Waals surface area contributed by atoms with Crippen molar-refractivity contribution in [2.75, 3.05) is 23.7 Å². The molecule has 3 aliphatic rings. The number of carbonyl (C=O) groups excluding carboxylic acids is 1. The fourth-order valence-electron chi connectivity index (χ4n) is 6.50. The Balaban J connectivity index is 1.32. The van der Waals surface area contributed by atoms with Crippen LogP contribution in [0.25, 0.3) is 10.8 Å². The first kappa shape index (κ1) is 27.5. The van der Waals surface area contributed by atoms with Gasteiger partial charge in [0, 0.05) is 48.1 Å². The number of aliphatic hydroxyl groups excluding tert-OH is 1. The van der Waals surface area contributed by atoms with Gasteiger partial charge in [0.2, 0.25) is 0 Å². The van der Waals surface area contributed by atoms with Gasteiger partial charge in [-0.2, -0.15) is 0 Å². The highest BCUT2D eigenvalue weighted by atomic mass is 32.2. The summed E-state index contributed by atoms with van der Waals surface area (Å²) in [6.45, 7) is 0. The number of carbonyl (C=O) groups is 1. The number of sulfonamides is 1. The van der Waals surface area contributed by atoms with E-state index < -0.39 is 28.0 Å². The molecule has 6 rings (SSSR count). The number of ether oxygens (including phenoxy) is 1. The highest BCUT2D eigenvalue weighted by Gasteiger charge is 2.50. The molecule has 4 atom stereocenters. The standard InChI is InChI=1S/C33H36N2O5S/c1-35(2)27-15-8-14-25-24(27)13-9-17-29(25)41(38,39)34-23-11-7-10-22(20-23)30(21-18-19-21)31-32(36)26-12-5-3-4-6-16-28(26)40-33(31)37/h4,6-11,13-17,20-21,26,30-32,34,36H,3,5,12,18-19H2,1-2H3. The van der Waals surface area contributed by atoms with E-state index in [2.05, 4.69) is 10.8 Å². The summed E-state index contributed by atoms with van der Waals surface area (Å²) in [5.74, 6) is -0.839. The molecule has 0 spiro atoms. The topological polar surface area (TPSA) is 95.9 Å². The Hall–Kier alpha value is -3.62. The number of nitrogens with one attached hydrogen (secondary N) is 1. The highest BCUT2D eigenvalue weighted by molar-refractivity contribution is 7.93. The number of anilines is 2. The Labute approximate surface area is 241 Å². The summed E-state index contributed by atoms with van der Waals surface area (Å²) in [5.41, 5.74) is 2.19. The lowest BCUT2D eigenvalue weighted by Gasteiger charge is -2.39. The zero-order valence-electron chi connectivity index (χ0n) is 23.4. The SMILES string of the molecule is CN(C)c1cccc2c(S(=O)(=O)Nc3cccc(C(C4CC4)C4C(=O)OC5=CC=CCCCC5C4O)c3)cccc12. The molecule has 3 aromatic carbocycles. The number of benzene rings is 3. The lowest BCUT2D eigenvalue weighted by molar-refractivity contribution is -0.160. The van der Waals surface area contributed by atoms with E-state index in [1.807, 2.05) is 67.5 Å². The number of esters is 1. The Morgan fingerprint density at radius 2 is 1.76 bits per heavy atom. The Bertz CT molecular complexity index is 1640. The molecule has 0 amide bonds. The van der Waals surface area contributed by atoms with E-state index in [4.69, 9.17) is 4.74 Å². The third kappa shape index (κ3) is 5.38. The van der Waals surface area contributed by atoms with E-state index in [0.29, 0.717) is 16.8 Å². The second kappa shape index (κ2) is 11.0. The lowest BCUT2D eigenvalue weighted by Crippen LogP contribution is -2.45. The van der Waals surface area contributed by atoms with Gasteiger partial charge in [0.05, 0.1) is 16.9 Å². The number of aliphatic hydroxyl groups is 1. The van der Waals surface area contributed by atoms with Crippen LogP contribution in [0, 0.1) is 17.8 Å². The molecular weight excluding hydrogens is 536 g/mol. The smallest absolute Gasteiger partial charge is 0.317 e. The van der Waals surface area contributed by atoms with Crippen LogP contribution in [-0.4, -0.2) is 39.7 Å². The summed E-state index contributed by atoms with van der Waals surface area (Å²) < 4.78 is 36.0. The van der Waals surface area contributed by atoms with Crippen molar-refractivity contribution in [3.8, 4) is 0 Å². The van der Waals surface area contributed by atoms with Crippen molar-refractivity contribution < 1.29 is 23.1 Å². The van der Waals surface area contributed by atoms with E-state index in [1.54, 1.807) is 24.3 Å².